The van der Waals surface area contributed by atoms with Crippen LogP contribution in [0.1, 0.15) is 6.92 Å². The first-order chi connectivity index (χ1) is 9.85. The van der Waals surface area contributed by atoms with Crippen LogP contribution in [0, 0.1) is 0 Å². The number of ether oxygens (including phenoxy) is 1. The first-order valence-electron chi connectivity index (χ1n) is 6.45. The van der Waals surface area contributed by atoms with E-state index in [0.717, 1.165) is 4.90 Å². The van der Waals surface area contributed by atoms with Crippen molar-refractivity contribution in [3.8, 4) is 0 Å². The Morgan fingerprint density at radius 2 is 2.19 bits per heavy atom. The number of hydrogen-bond donors (Lipinski definition) is 2. The number of carbonyl (C=O) groups is 2. The van der Waals surface area contributed by atoms with Gasteiger partial charge in [0.15, 0.2) is 0 Å². The minimum absolute atomic E-state index is 0.0517. The summed E-state index contributed by atoms with van der Waals surface area (Å²) in [5.41, 5.74) is 0. The number of allylic oxidation sites excluding steroid dienone is 1. The molecule has 0 aromatic carbocycles. The fraction of sp³-hybridized carbons (Fsp3) is 0.667. The largest absolute Gasteiger partial charge is 0.445 e. The summed E-state index contributed by atoms with van der Waals surface area (Å²) in [6.45, 7) is 1.11. The zero-order chi connectivity index (χ0) is 15.9. The second-order valence-electron chi connectivity index (χ2n) is 4.39. The molecule has 1 aliphatic rings. The second kappa shape index (κ2) is 7.87. The Labute approximate surface area is 120 Å². The van der Waals surface area contributed by atoms with Crippen molar-refractivity contribution in [2.45, 2.75) is 19.1 Å². The SMILES string of the molecule is C/C=C/COC(=O)N1CCNCC1C(=O)NCC(F)(F)F. The number of carbonyl (C=O) groups excluding carboxylic acids is 2. The summed E-state index contributed by atoms with van der Waals surface area (Å²) in [7, 11) is 0. The summed E-state index contributed by atoms with van der Waals surface area (Å²) in [5, 5.41) is 4.64. The van der Waals surface area contributed by atoms with Gasteiger partial charge in [-0.2, -0.15) is 13.2 Å². The van der Waals surface area contributed by atoms with Crippen molar-refractivity contribution in [3.63, 3.8) is 0 Å². The van der Waals surface area contributed by atoms with Crippen LogP contribution in [0.25, 0.3) is 0 Å². The molecule has 2 N–H and O–H groups in total. The highest BCUT2D eigenvalue weighted by molar-refractivity contribution is 5.86. The lowest BCUT2D eigenvalue weighted by Gasteiger charge is -2.34. The van der Waals surface area contributed by atoms with Gasteiger partial charge >= 0.3 is 12.3 Å². The van der Waals surface area contributed by atoms with Crippen molar-refractivity contribution >= 4 is 12.0 Å². The Balaban J connectivity index is 2.59. The van der Waals surface area contributed by atoms with E-state index in [9.17, 15) is 22.8 Å². The van der Waals surface area contributed by atoms with Crippen LogP contribution in [0.2, 0.25) is 0 Å². The van der Waals surface area contributed by atoms with Gasteiger partial charge in [0.2, 0.25) is 5.91 Å². The molecule has 0 aromatic rings. The summed E-state index contributed by atoms with van der Waals surface area (Å²) >= 11 is 0. The molecule has 2 amide bonds. The Kier molecular flexibility index (Phi) is 6.47. The zero-order valence-electron chi connectivity index (χ0n) is 11.6. The van der Waals surface area contributed by atoms with Gasteiger partial charge in [-0.15, -0.1) is 0 Å². The molecule has 1 aliphatic heterocycles. The molecule has 0 radical (unpaired) electrons. The van der Waals surface area contributed by atoms with Crippen LogP contribution in [0.15, 0.2) is 12.2 Å². The van der Waals surface area contributed by atoms with E-state index in [0.29, 0.717) is 6.54 Å². The van der Waals surface area contributed by atoms with Crippen molar-refractivity contribution in [1.29, 1.82) is 0 Å². The van der Waals surface area contributed by atoms with Gasteiger partial charge in [-0.3, -0.25) is 9.69 Å². The molecule has 1 fully saturated rings. The summed E-state index contributed by atoms with van der Waals surface area (Å²) in [6.07, 6.45) is -1.91. The minimum Gasteiger partial charge on any atom is -0.445 e. The van der Waals surface area contributed by atoms with Crippen LogP contribution >= 0.6 is 0 Å². The molecular formula is C12H18F3N3O3. The van der Waals surface area contributed by atoms with E-state index in [1.54, 1.807) is 24.4 Å². The van der Waals surface area contributed by atoms with E-state index in [4.69, 9.17) is 4.74 Å². The van der Waals surface area contributed by atoms with Crippen LogP contribution in [0.3, 0.4) is 0 Å². The van der Waals surface area contributed by atoms with Crippen LogP contribution in [0.5, 0.6) is 0 Å². The third-order valence-electron chi connectivity index (χ3n) is 2.78. The molecule has 21 heavy (non-hydrogen) atoms. The maximum absolute atomic E-state index is 12.1. The molecule has 1 atom stereocenters. The van der Waals surface area contributed by atoms with Crippen LogP contribution < -0.4 is 10.6 Å². The van der Waals surface area contributed by atoms with Crippen molar-refractivity contribution in [2.24, 2.45) is 0 Å². The average molecular weight is 309 g/mol. The highest BCUT2D eigenvalue weighted by atomic mass is 19.4. The van der Waals surface area contributed by atoms with Crippen LogP contribution in [-0.4, -0.2) is 61.9 Å². The molecule has 0 aliphatic carbocycles. The molecule has 1 rings (SSSR count). The van der Waals surface area contributed by atoms with Crippen molar-refractivity contribution < 1.29 is 27.5 Å². The maximum atomic E-state index is 12.1. The van der Waals surface area contributed by atoms with E-state index in [2.05, 4.69) is 5.32 Å². The van der Waals surface area contributed by atoms with E-state index in [1.165, 1.54) is 0 Å². The van der Waals surface area contributed by atoms with Crippen LogP contribution in [0.4, 0.5) is 18.0 Å². The molecule has 9 heteroatoms. The standard InChI is InChI=1S/C12H18F3N3O3/c1-2-3-6-21-11(20)18-5-4-16-7-9(18)10(19)17-8-12(13,14)15/h2-3,9,16H,4-8H2,1H3,(H,17,19)/b3-2+. The zero-order valence-corrected chi connectivity index (χ0v) is 11.6. The number of nitrogens with one attached hydrogen (secondary N) is 2. The number of hydrogen-bond acceptors (Lipinski definition) is 4. The first-order valence-corrected chi connectivity index (χ1v) is 6.45. The monoisotopic (exact) mass is 309 g/mol. The summed E-state index contributed by atoms with van der Waals surface area (Å²) in [6, 6.07) is -1.01. The van der Waals surface area contributed by atoms with E-state index < -0.39 is 30.8 Å². The van der Waals surface area contributed by atoms with Gasteiger partial charge in [-0.05, 0) is 6.92 Å². The number of alkyl halides is 3. The molecular weight excluding hydrogens is 291 g/mol. The van der Waals surface area contributed by atoms with E-state index in [1.807, 2.05) is 0 Å². The van der Waals surface area contributed by atoms with Gasteiger partial charge < -0.3 is 15.4 Å². The predicted molar refractivity (Wildman–Crippen MR) is 68.6 cm³/mol. The minimum atomic E-state index is -4.49. The van der Waals surface area contributed by atoms with Gasteiger partial charge in [-0.25, -0.2) is 4.79 Å². The number of halogens is 3. The summed E-state index contributed by atoms with van der Waals surface area (Å²) in [5.74, 6) is -0.859. The van der Waals surface area contributed by atoms with Crippen molar-refractivity contribution in [3.05, 3.63) is 12.2 Å². The third-order valence-corrected chi connectivity index (χ3v) is 2.78. The average Bonchev–Trinajstić information content (AvgIpc) is 2.44. The Bertz CT molecular complexity index is 399. The van der Waals surface area contributed by atoms with Crippen LogP contribution in [-0.2, 0) is 9.53 Å². The van der Waals surface area contributed by atoms with Gasteiger partial charge in [0.25, 0.3) is 0 Å². The Morgan fingerprint density at radius 1 is 1.48 bits per heavy atom. The number of piperazine rings is 1. The highest BCUT2D eigenvalue weighted by Crippen LogP contribution is 2.13. The van der Waals surface area contributed by atoms with Gasteiger partial charge in [0.05, 0.1) is 0 Å². The molecule has 1 heterocycles. The van der Waals surface area contributed by atoms with Gasteiger partial charge in [0.1, 0.15) is 19.2 Å². The smallest absolute Gasteiger partial charge is 0.410 e. The second-order valence-corrected chi connectivity index (χ2v) is 4.39. The molecule has 0 saturated carbocycles. The molecule has 0 bridgehead atoms. The summed E-state index contributed by atoms with van der Waals surface area (Å²) < 4.78 is 41.2. The maximum Gasteiger partial charge on any atom is 0.410 e. The first kappa shape index (κ1) is 17.3. The van der Waals surface area contributed by atoms with Gasteiger partial charge in [0, 0.05) is 19.6 Å². The normalized spacial score (nSPS) is 19.6. The Morgan fingerprint density at radius 3 is 2.81 bits per heavy atom. The molecule has 0 aromatic heterocycles. The lowest BCUT2D eigenvalue weighted by atomic mass is 10.2. The topological polar surface area (TPSA) is 70.7 Å². The fourth-order valence-electron chi connectivity index (χ4n) is 1.76. The van der Waals surface area contributed by atoms with Crippen molar-refractivity contribution in [1.82, 2.24) is 15.5 Å². The van der Waals surface area contributed by atoms with Crippen molar-refractivity contribution in [2.75, 3.05) is 32.8 Å². The lowest BCUT2D eigenvalue weighted by molar-refractivity contribution is -0.141. The molecule has 1 saturated heterocycles. The molecule has 6 nitrogen and oxygen atoms in total. The quantitative estimate of drug-likeness (QED) is 0.748. The Hall–Kier alpha value is -1.77. The summed E-state index contributed by atoms with van der Waals surface area (Å²) in [4.78, 5) is 24.7. The number of amides is 2. The van der Waals surface area contributed by atoms with E-state index >= 15 is 0 Å². The lowest BCUT2D eigenvalue weighted by Crippen LogP contribution is -2.60. The molecule has 120 valence electrons. The molecule has 0 spiro atoms. The highest BCUT2D eigenvalue weighted by Gasteiger charge is 2.35. The molecule has 1 unspecified atom stereocenters. The fourth-order valence-corrected chi connectivity index (χ4v) is 1.76. The number of nitrogens with zero attached hydrogens (tertiary/aromatic N) is 1. The third kappa shape index (κ3) is 6.03. The van der Waals surface area contributed by atoms with Gasteiger partial charge in [-0.1, -0.05) is 12.2 Å². The number of rotatable bonds is 4. The predicted octanol–water partition coefficient (Wildman–Crippen LogP) is 0.651. The van der Waals surface area contributed by atoms with E-state index in [-0.39, 0.29) is 19.7 Å².